The van der Waals surface area contributed by atoms with Gasteiger partial charge in [-0.3, -0.25) is 19.2 Å². The number of nitrogens with zero attached hydrogens (tertiary/aromatic N) is 3. The minimum atomic E-state index is -0.883. The lowest BCUT2D eigenvalue weighted by molar-refractivity contribution is -0.138. The fraction of sp³-hybridized carbons (Fsp3) is 0.364. The molecule has 6 amide bonds. The van der Waals surface area contributed by atoms with Crippen LogP contribution in [-0.4, -0.2) is 97.1 Å². The maximum atomic E-state index is 13.4. The van der Waals surface area contributed by atoms with Gasteiger partial charge in [-0.1, -0.05) is 54.6 Å². The number of nitrogens with one attached hydrogen (secondary N) is 4. The second-order valence-electron chi connectivity index (χ2n) is 14.4. The van der Waals surface area contributed by atoms with E-state index in [0.29, 0.717) is 63.2 Å². The van der Waals surface area contributed by atoms with Gasteiger partial charge in [0, 0.05) is 43.2 Å². The summed E-state index contributed by atoms with van der Waals surface area (Å²) in [5.41, 5.74) is 4.20. The van der Waals surface area contributed by atoms with E-state index in [-0.39, 0.29) is 36.5 Å². The average molecular weight is 808 g/mol. The van der Waals surface area contributed by atoms with Crippen molar-refractivity contribution in [1.29, 1.82) is 0 Å². The number of amides is 6. The number of anilines is 3. The zero-order valence-corrected chi connectivity index (χ0v) is 33.6. The standard InChI is InChI=1S/C44H53N7O8/c1-5-12-35(47-43(56)58-3)41(54)50-26-10-16-37(50)39(52)45-32-22-18-30(19-23-32)28-49(34-14-8-7-9-15-34)29-31-20-24-33(25-21-31)46-40(53)38-17-11-27-51(38)42(55)36(13-6-2)48-44(57)59-4/h5-9,14-15,18-25,35-38H,1-2,10-13,16-17,26-29H2,3-4H3,(H,45,52)(H,46,53)(H,47,56)(H,48,57)/t35-,36-,37-,38-/m0/s1. The molecule has 15 nitrogen and oxygen atoms in total. The second kappa shape index (κ2) is 21.2. The van der Waals surface area contributed by atoms with Crippen LogP contribution < -0.4 is 26.2 Å². The quantitative estimate of drug-likeness (QED) is 0.131. The maximum Gasteiger partial charge on any atom is 0.407 e. The maximum absolute atomic E-state index is 13.4. The Hall–Kier alpha value is -6.64. The molecule has 0 spiro atoms. The topological polar surface area (TPSA) is 179 Å². The van der Waals surface area contributed by atoms with Gasteiger partial charge in [0.2, 0.25) is 23.6 Å². The molecule has 3 aromatic carbocycles. The fourth-order valence-electron chi connectivity index (χ4n) is 7.34. The Morgan fingerprint density at radius 3 is 1.44 bits per heavy atom. The molecule has 5 rings (SSSR count). The van der Waals surface area contributed by atoms with Crippen molar-refractivity contribution in [3.63, 3.8) is 0 Å². The molecule has 4 N–H and O–H groups in total. The summed E-state index contributed by atoms with van der Waals surface area (Å²) in [6, 6.07) is 22.0. The molecule has 2 fully saturated rings. The van der Waals surface area contributed by atoms with Gasteiger partial charge in [-0.2, -0.15) is 0 Å². The Morgan fingerprint density at radius 2 is 1.07 bits per heavy atom. The van der Waals surface area contributed by atoms with Gasteiger partial charge in [0.05, 0.1) is 14.2 Å². The summed E-state index contributed by atoms with van der Waals surface area (Å²) in [5, 5.41) is 11.0. The van der Waals surface area contributed by atoms with Crippen molar-refractivity contribution in [2.24, 2.45) is 0 Å². The van der Waals surface area contributed by atoms with Crippen LogP contribution in [0.15, 0.2) is 104 Å². The van der Waals surface area contributed by atoms with Gasteiger partial charge in [0.15, 0.2) is 0 Å². The summed E-state index contributed by atoms with van der Waals surface area (Å²) in [4.78, 5) is 82.4. The number of para-hydroxylation sites is 1. The van der Waals surface area contributed by atoms with Gasteiger partial charge in [0.25, 0.3) is 0 Å². The van der Waals surface area contributed by atoms with Crippen LogP contribution in [0.25, 0.3) is 0 Å². The molecule has 0 bridgehead atoms. The molecule has 2 aliphatic heterocycles. The molecule has 2 aliphatic rings. The molecule has 15 heteroatoms. The molecule has 2 saturated heterocycles. The number of methoxy groups -OCH3 is 2. The predicted octanol–water partition coefficient (Wildman–Crippen LogP) is 5.35. The SMILES string of the molecule is C=CC[C@H](NC(=O)OC)C(=O)N1CCC[C@H]1C(=O)Nc1ccc(CN(Cc2ccc(NC(=O)[C@@H]3CCCN3C(=O)[C@H](CC=C)NC(=O)OC)cc2)c2ccccc2)cc1. The lowest BCUT2D eigenvalue weighted by Gasteiger charge is -2.28. The molecule has 312 valence electrons. The van der Waals surface area contributed by atoms with Crippen molar-refractivity contribution < 1.29 is 38.2 Å². The van der Waals surface area contributed by atoms with Crippen molar-refractivity contribution in [3.8, 4) is 0 Å². The largest absolute Gasteiger partial charge is 0.453 e. The third kappa shape index (κ3) is 11.7. The number of benzene rings is 3. The number of carbonyl (C=O) groups excluding carboxylic acids is 6. The van der Waals surface area contributed by atoms with Crippen molar-refractivity contribution in [3.05, 3.63) is 115 Å². The molecule has 0 saturated carbocycles. The molecular formula is C44H53N7O8. The summed E-state index contributed by atoms with van der Waals surface area (Å²) in [6.07, 6.45) is 4.34. The van der Waals surface area contributed by atoms with E-state index >= 15 is 0 Å². The highest BCUT2D eigenvalue weighted by Gasteiger charge is 2.39. The van der Waals surface area contributed by atoms with E-state index in [9.17, 15) is 28.8 Å². The normalized spacial score (nSPS) is 16.8. The van der Waals surface area contributed by atoms with E-state index in [2.05, 4.69) is 48.8 Å². The highest BCUT2D eigenvalue weighted by Crippen LogP contribution is 2.25. The Morgan fingerprint density at radius 1 is 0.661 bits per heavy atom. The third-order valence-electron chi connectivity index (χ3n) is 10.3. The number of hydrogen-bond acceptors (Lipinski definition) is 9. The van der Waals surface area contributed by atoms with Crippen LogP contribution in [0.2, 0.25) is 0 Å². The van der Waals surface area contributed by atoms with Crippen molar-refractivity contribution in [2.75, 3.05) is 42.8 Å². The van der Waals surface area contributed by atoms with Gasteiger partial charge < -0.3 is 45.4 Å². The number of likely N-dealkylation sites (tertiary alicyclic amines) is 2. The lowest BCUT2D eigenvalue weighted by Crippen LogP contribution is -2.52. The van der Waals surface area contributed by atoms with Crippen LogP contribution in [-0.2, 0) is 41.7 Å². The number of rotatable bonds is 17. The summed E-state index contributed by atoms with van der Waals surface area (Å²) >= 11 is 0. The Balaban J connectivity index is 1.20. The summed E-state index contributed by atoms with van der Waals surface area (Å²) in [5.74, 6) is -1.33. The smallest absolute Gasteiger partial charge is 0.407 e. The summed E-state index contributed by atoms with van der Waals surface area (Å²) in [6.45, 7) is 9.27. The Labute approximate surface area is 344 Å². The zero-order valence-electron chi connectivity index (χ0n) is 33.6. The van der Waals surface area contributed by atoms with Crippen LogP contribution in [0.5, 0.6) is 0 Å². The molecule has 59 heavy (non-hydrogen) atoms. The number of carbonyl (C=O) groups is 6. The Kier molecular flexibility index (Phi) is 15.6. The van der Waals surface area contributed by atoms with E-state index in [1.54, 1.807) is 0 Å². The first kappa shape index (κ1) is 43.5. The summed E-state index contributed by atoms with van der Waals surface area (Å²) in [7, 11) is 2.44. The fourth-order valence-corrected chi connectivity index (χ4v) is 7.34. The predicted molar refractivity (Wildman–Crippen MR) is 224 cm³/mol. The molecule has 0 unspecified atom stereocenters. The van der Waals surface area contributed by atoms with Crippen LogP contribution in [0.3, 0.4) is 0 Å². The van der Waals surface area contributed by atoms with Gasteiger partial charge in [-0.05, 0) is 86.1 Å². The third-order valence-corrected chi connectivity index (χ3v) is 10.3. The van der Waals surface area contributed by atoms with E-state index < -0.39 is 36.4 Å². The molecule has 2 heterocycles. The average Bonchev–Trinajstić information content (AvgIpc) is 3.96. The molecule has 0 radical (unpaired) electrons. The molecule has 4 atom stereocenters. The Bertz CT molecular complexity index is 1840. The first-order valence-electron chi connectivity index (χ1n) is 19.7. The van der Waals surface area contributed by atoms with Gasteiger partial charge in [-0.15, -0.1) is 13.2 Å². The van der Waals surface area contributed by atoms with Crippen molar-refractivity contribution in [2.45, 2.75) is 75.8 Å². The first-order valence-corrected chi connectivity index (χ1v) is 19.7. The minimum Gasteiger partial charge on any atom is -0.453 e. The van der Waals surface area contributed by atoms with Gasteiger partial charge in [0.1, 0.15) is 24.2 Å². The molecule has 0 aliphatic carbocycles. The number of ether oxygens (including phenoxy) is 2. The van der Waals surface area contributed by atoms with Crippen LogP contribution >= 0.6 is 0 Å². The minimum absolute atomic E-state index is 0.200. The monoisotopic (exact) mass is 807 g/mol. The van der Waals surface area contributed by atoms with E-state index in [4.69, 9.17) is 0 Å². The molecule has 0 aromatic heterocycles. The molecular weight excluding hydrogens is 755 g/mol. The first-order chi connectivity index (χ1) is 28.5. The number of alkyl carbamates (subject to hydrolysis) is 2. The van der Waals surface area contributed by atoms with Crippen molar-refractivity contribution in [1.82, 2.24) is 20.4 Å². The van der Waals surface area contributed by atoms with Crippen LogP contribution in [0, 0.1) is 0 Å². The lowest BCUT2D eigenvalue weighted by atomic mass is 10.1. The zero-order chi connectivity index (χ0) is 42.3. The highest BCUT2D eigenvalue weighted by atomic mass is 16.5. The summed E-state index contributed by atoms with van der Waals surface area (Å²) < 4.78 is 9.34. The van der Waals surface area contributed by atoms with Gasteiger partial charge in [-0.25, -0.2) is 9.59 Å². The second-order valence-corrected chi connectivity index (χ2v) is 14.4. The van der Waals surface area contributed by atoms with Crippen LogP contribution in [0.1, 0.15) is 49.7 Å². The van der Waals surface area contributed by atoms with Gasteiger partial charge >= 0.3 is 12.2 Å². The van der Waals surface area contributed by atoms with E-state index in [0.717, 1.165) is 16.8 Å². The number of hydrogen-bond donors (Lipinski definition) is 4. The van der Waals surface area contributed by atoms with Crippen molar-refractivity contribution >= 4 is 52.9 Å². The highest BCUT2D eigenvalue weighted by molar-refractivity contribution is 5.99. The van der Waals surface area contributed by atoms with Crippen LogP contribution in [0.4, 0.5) is 26.7 Å². The molecule has 3 aromatic rings. The van der Waals surface area contributed by atoms with E-state index in [1.807, 2.05) is 78.9 Å². The van der Waals surface area contributed by atoms with E-state index in [1.165, 1.54) is 36.2 Å².